The van der Waals surface area contributed by atoms with E-state index in [1.807, 2.05) is 0 Å². The molecule has 6 nitrogen and oxygen atoms in total. The molecule has 0 bridgehead atoms. The lowest BCUT2D eigenvalue weighted by molar-refractivity contribution is 0.596. The number of hydrogen-bond donors (Lipinski definition) is 3. The predicted octanol–water partition coefficient (Wildman–Crippen LogP) is -0.907. The first kappa shape index (κ1) is 10.2. The number of aryl methyl sites for hydroxylation is 1. The van der Waals surface area contributed by atoms with Crippen LogP contribution in [0.2, 0.25) is 0 Å². The molecule has 0 amide bonds. The Kier molecular flexibility index (Phi) is 2.09. The van der Waals surface area contributed by atoms with Crippen molar-refractivity contribution in [3.05, 3.63) is 21.6 Å². The van der Waals surface area contributed by atoms with E-state index >= 15 is 0 Å². The first-order chi connectivity index (χ1) is 6.91. The summed E-state index contributed by atoms with van der Waals surface area (Å²) in [6.45, 7) is 0. The Morgan fingerprint density at radius 2 is 1.93 bits per heavy atom. The van der Waals surface area contributed by atoms with E-state index < -0.39 is 20.5 Å². The number of sulfonamides is 1. The van der Waals surface area contributed by atoms with Gasteiger partial charge in [0, 0.05) is 5.69 Å². The van der Waals surface area contributed by atoms with Gasteiger partial charge < -0.3 is 10.7 Å². The predicted molar refractivity (Wildman–Crippen MR) is 54.9 cm³/mol. The fourth-order valence-corrected chi connectivity index (χ4v) is 2.65. The summed E-state index contributed by atoms with van der Waals surface area (Å²) in [5.41, 5.74) is 6.36. The summed E-state index contributed by atoms with van der Waals surface area (Å²) in [7, 11) is -4.05. The van der Waals surface area contributed by atoms with Gasteiger partial charge in [-0.2, -0.15) is 0 Å². The number of nitrogens with one attached hydrogen (secondary N) is 1. The molecule has 0 fully saturated rings. The Morgan fingerprint density at radius 3 is 2.53 bits per heavy atom. The van der Waals surface area contributed by atoms with Gasteiger partial charge in [0.1, 0.15) is 0 Å². The molecule has 0 saturated heterocycles. The molecule has 1 aliphatic rings. The van der Waals surface area contributed by atoms with Crippen LogP contribution >= 0.6 is 0 Å². The molecule has 1 aliphatic carbocycles. The molecule has 0 aliphatic heterocycles. The molecule has 1 aromatic heterocycles. The molecule has 1 heterocycles. The zero-order valence-electron chi connectivity index (χ0n) is 7.91. The molecule has 0 unspecified atom stereocenters. The number of fused-ring (bicyclic) bond motifs is 1. The van der Waals surface area contributed by atoms with Gasteiger partial charge in [0.15, 0.2) is 4.90 Å². The van der Waals surface area contributed by atoms with E-state index in [1.165, 1.54) is 0 Å². The lowest BCUT2D eigenvalue weighted by Crippen LogP contribution is -2.26. The highest BCUT2D eigenvalue weighted by Crippen LogP contribution is 2.27. The minimum atomic E-state index is -4.05. The van der Waals surface area contributed by atoms with Crippen LogP contribution in [0.15, 0.2) is 9.69 Å². The van der Waals surface area contributed by atoms with Crippen molar-refractivity contribution < 1.29 is 8.42 Å². The molecule has 1 aromatic rings. The molecular weight excluding hydrogens is 218 g/mol. The number of nitrogen functional groups attached to an aromatic ring is 1. The van der Waals surface area contributed by atoms with Crippen molar-refractivity contribution in [1.29, 1.82) is 0 Å². The molecule has 0 aromatic carbocycles. The third-order valence-electron chi connectivity index (χ3n) is 2.54. The van der Waals surface area contributed by atoms with Crippen LogP contribution in [0.25, 0.3) is 0 Å². The van der Waals surface area contributed by atoms with E-state index in [9.17, 15) is 13.2 Å². The highest BCUT2D eigenvalue weighted by molar-refractivity contribution is 7.89. The highest BCUT2D eigenvalue weighted by Gasteiger charge is 2.24. The van der Waals surface area contributed by atoms with Crippen molar-refractivity contribution in [2.24, 2.45) is 5.14 Å². The smallest absolute Gasteiger partial charge is 0.270 e. The second-order valence-corrected chi connectivity index (χ2v) is 5.05. The average molecular weight is 229 g/mol. The molecule has 0 atom stereocenters. The molecule has 7 heteroatoms. The maximum absolute atomic E-state index is 11.5. The van der Waals surface area contributed by atoms with Crippen molar-refractivity contribution in [1.82, 2.24) is 4.98 Å². The van der Waals surface area contributed by atoms with E-state index in [0.29, 0.717) is 12.0 Å². The fourth-order valence-electron chi connectivity index (χ4n) is 1.91. The fraction of sp³-hybridized carbons (Fsp3) is 0.375. The number of H-pyrrole nitrogens is 1. The van der Waals surface area contributed by atoms with Crippen LogP contribution in [0.5, 0.6) is 0 Å². The van der Waals surface area contributed by atoms with Gasteiger partial charge in [0.2, 0.25) is 10.0 Å². The molecule has 2 rings (SSSR count). The van der Waals surface area contributed by atoms with Gasteiger partial charge in [-0.15, -0.1) is 0 Å². The van der Waals surface area contributed by atoms with Crippen molar-refractivity contribution in [2.75, 3.05) is 5.73 Å². The number of primary sulfonamides is 1. The quantitative estimate of drug-likeness (QED) is 0.577. The number of aromatic amines is 1. The Bertz CT molecular complexity index is 574. The van der Waals surface area contributed by atoms with Gasteiger partial charge in [-0.1, -0.05) is 0 Å². The number of rotatable bonds is 1. The minimum absolute atomic E-state index is 0.00810. The largest absolute Gasteiger partial charge is 0.397 e. The van der Waals surface area contributed by atoms with Gasteiger partial charge in [-0.3, -0.25) is 4.79 Å². The van der Waals surface area contributed by atoms with Crippen molar-refractivity contribution in [2.45, 2.75) is 24.2 Å². The molecule has 0 radical (unpaired) electrons. The second kappa shape index (κ2) is 3.07. The lowest BCUT2D eigenvalue weighted by atomic mass is 10.2. The standard InChI is InChI=1S/C8H11N3O3S/c9-6-4-2-1-3-5(4)11-8(12)7(6)15(10,13)14/h1-3H2,(H3,9,11,12)(H2,10,13,14). The number of aromatic nitrogens is 1. The van der Waals surface area contributed by atoms with Gasteiger partial charge >= 0.3 is 0 Å². The van der Waals surface area contributed by atoms with Gasteiger partial charge in [-0.05, 0) is 24.8 Å². The van der Waals surface area contributed by atoms with Crippen LogP contribution in [0.4, 0.5) is 5.69 Å². The summed E-state index contributed by atoms with van der Waals surface area (Å²) >= 11 is 0. The second-order valence-electron chi connectivity index (χ2n) is 3.55. The monoisotopic (exact) mass is 229 g/mol. The lowest BCUT2D eigenvalue weighted by Gasteiger charge is -2.07. The minimum Gasteiger partial charge on any atom is -0.397 e. The van der Waals surface area contributed by atoms with E-state index in [-0.39, 0.29) is 5.69 Å². The molecule has 82 valence electrons. The zero-order valence-corrected chi connectivity index (χ0v) is 8.73. The molecule has 5 N–H and O–H groups in total. The summed E-state index contributed by atoms with van der Waals surface area (Å²) in [5.74, 6) is 0. The van der Waals surface area contributed by atoms with Crippen molar-refractivity contribution in [3.63, 3.8) is 0 Å². The van der Waals surface area contributed by atoms with Gasteiger partial charge in [0.25, 0.3) is 5.56 Å². The average Bonchev–Trinajstić information content (AvgIpc) is 2.48. The van der Waals surface area contributed by atoms with Crippen LogP contribution in [-0.2, 0) is 22.9 Å². The van der Waals surface area contributed by atoms with E-state index in [1.54, 1.807) is 0 Å². The summed E-state index contributed by atoms with van der Waals surface area (Å²) in [6, 6.07) is 0. The normalized spacial score (nSPS) is 15.3. The summed E-state index contributed by atoms with van der Waals surface area (Å²) < 4.78 is 22.3. The molecular formula is C8H11N3O3S. The first-order valence-electron chi connectivity index (χ1n) is 4.47. The topological polar surface area (TPSA) is 119 Å². The molecule has 15 heavy (non-hydrogen) atoms. The SMILES string of the molecule is Nc1c2c([nH]c(=O)c1S(N)(=O)=O)CCC2. The number of hydrogen-bond acceptors (Lipinski definition) is 4. The number of nitrogens with two attached hydrogens (primary N) is 2. The Morgan fingerprint density at radius 1 is 1.27 bits per heavy atom. The van der Waals surface area contributed by atoms with E-state index in [0.717, 1.165) is 18.5 Å². The highest BCUT2D eigenvalue weighted by atomic mass is 32.2. The summed E-state index contributed by atoms with van der Waals surface area (Å²) in [4.78, 5) is 13.4. The number of pyridine rings is 1. The van der Waals surface area contributed by atoms with Crippen LogP contribution in [0.1, 0.15) is 17.7 Å². The summed E-state index contributed by atoms with van der Waals surface area (Å²) in [6.07, 6.45) is 2.27. The third-order valence-corrected chi connectivity index (χ3v) is 3.52. The van der Waals surface area contributed by atoms with Crippen LogP contribution < -0.4 is 16.4 Å². The zero-order chi connectivity index (χ0) is 11.2. The van der Waals surface area contributed by atoms with Crippen molar-refractivity contribution >= 4 is 15.7 Å². The maximum Gasteiger partial charge on any atom is 0.270 e. The van der Waals surface area contributed by atoms with Crippen LogP contribution in [-0.4, -0.2) is 13.4 Å². The van der Waals surface area contributed by atoms with Crippen LogP contribution in [0, 0.1) is 0 Å². The van der Waals surface area contributed by atoms with E-state index in [2.05, 4.69) is 4.98 Å². The van der Waals surface area contributed by atoms with Gasteiger partial charge in [-0.25, -0.2) is 13.6 Å². The third kappa shape index (κ3) is 1.53. The Hall–Kier alpha value is -1.34. The first-order valence-corrected chi connectivity index (χ1v) is 6.02. The van der Waals surface area contributed by atoms with Crippen LogP contribution in [0.3, 0.4) is 0 Å². The van der Waals surface area contributed by atoms with E-state index in [4.69, 9.17) is 10.9 Å². The molecule has 0 saturated carbocycles. The Labute approximate surface area is 86.3 Å². The van der Waals surface area contributed by atoms with Crippen molar-refractivity contribution in [3.8, 4) is 0 Å². The maximum atomic E-state index is 11.5. The summed E-state index contributed by atoms with van der Waals surface area (Å²) in [5, 5.41) is 4.92. The molecule has 0 spiro atoms. The van der Waals surface area contributed by atoms with Gasteiger partial charge in [0.05, 0.1) is 5.69 Å². The Balaban J connectivity index is 2.84. The number of anilines is 1.